The van der Waals surface area contributed by atoms with E-state index >= 15 is 0 Å². The molecule has 0 fully saturated rings. The Hall–Kier alpha value is -1.39. The summed E-state index contributed by atoms with van der Waals surface area (Å²) in [6.07, 6.45) is 0. The predicted molar refractivity (Wildman–Crippen MR) is 99.8 cm³/mol. The molecule has 1 aromatic rings. The quantitative estimate of drug-likeness (QED) is 0.392. The van der Waals surface area contributed by atoms with Crippen LogP contribution in [-0.4, -0.2) is 65.0 Å². The van der Waals surface area contributed by atoms with E-state index in [1.54, 1.807) is 16.7 Å². The molecule has 1 rings (SSSR count). The number of nitrogens with zero attached hydrogens (tertiary/aromatic N) is 5. The van der Waals surface area contributed by atoms with Gasteiger partial charge in [-0.25, -0.2) is 4.99 Å². The van der Waals surface area contributed by atoms with Crippen LogP contribution in [-0.2, 0) is 11.3 Å². The molecular weight excluding hydrogens is 411 g/mol. The lowest BCUT2D eigenvalue weighted by Crippen LogP contribution is -2.45. The Morgan fingerprint density at radius 3 is 2.43 bits per heavy atom. The number of hydrogen-bond donors (Lipinski definition) is 1. The first-order chi connectivity index (χ1) is 10.5. The van der Waals surface area contributed by atoms with Crippen LogP contribution in [0.2, 0.25) is 0 Å². The number of aromatic nitrogens is 2. The van der Waals surface area contributed by atoms with Gasteiger partial charge in [0, 0.05) is 26.7 Å². The number of guanidine groups is 1. The van der Waals surface area contributed by atoms with Crippen LogP contribution < -0.4 is 5.32 Å². The molecule has 0 aliphatic heterocycles. The van der Waals surface area contributed by atoms with Crippen LogP contribution in [0.4, 0.5) is 0 Å². The third-order valence-corrected chi connectivity index (χ3v) is 3.12. The maximum Gasteiger partial charge on any atom is 0.248 e. The monoisotopic (exact) mass is 438 g/mol. The molecule has 1 aromatic heterocycles. The summed E-state index contributed by atoms with van der Waals surface area (Å²) in [5, 5.41) is 6.88. The predicted octanol–water partition coefficient (Wildman–Crippen LogP) is 1.26. The van der Waals surface area contributed by atoms with Crippen molar-refractivity contribution in [1.82, 2.24) is 25.3 Å². The number of carbonyl (C=O) groups is 1. The summed E-state index contributed by atoms with van der Waals surface area (Å²) < 4.78 is 5.04. The van der Waals surface area contributed by atoms with E-state index < -0.39 is 0 Å². The Morgan fingerprint density at radius 1 is 1.30 bits per heavy atom. The van der Waals surface area contributed by atoms with Gasteiger partial charge in [-0.15, -0.1) is 24.0 Å². The Labute approximate surface area is 154 Å². The van der Waals surface area contributed by atoms with Gasteiger partial charge in [0.15, 0.2) is 11.8 Å². The normalized spacial score (nSPS) is 10.9. The molecule has 132 valence electrons. The first-order valence-corrected chi connectivity index (χ1v) is 7.58. The zero-order valence-corrected chi connectivity index (χ0v) is 16.8. The van der Waals surface area contributed by atoms with E-state index in [1.165, 1.54) is 0 Å². The largest absolute Gasteiger partial charge is 0.356 e. The summed E-state index contributed by atoms with van der Waals surface area (Å²) >= 11 is 0. The SMILES string of the molecule is CCNC(=NCc1nc(C)no1)N(C)CC(=O)N(CC)CC.I. The number of amides is 1. The van der Waals surface area contributed by atoms with E-state index in [-0.39, 0.29) is 43.0 Å². The Bertz CT molecular complexity index is 501. The standard InChI is InChI=1S/C14H26N6O2.HI/c1-6-15-14(16-9-12-17-11(4)18-22-12)19(5)10-13(21)20(7-2)8-3;/h6-10H2,1-5H3,(H,15,16);1H. The summed E-state index contributed by atoms with van der Waals surface area (Å²) in [7, 11) is 1.84. The number of rotatable bonds is 7. The van der Waals surface area contributed by atoms with Gasteiger partial charge in [0.05, 0.1) is 6.54 Å². The minimum atomic E-state index is 0. The smallest absolute Gasteiger partial charge is 0.248 e. The molecule has 0 aliphatic carbocycles. The van der Waals surface area contributed by atoms with Crippen LogP contribution in [0.3, 0.4) is 0 Å². The lowest BCUT2D eigenvalue weighted by molar-refractivity contribution is -0.131. The van der Waals surface area contributed by atoms with Gasteiger partial charge in [0.25, 0.3) is 0 Å². The fourth-order valence-corrected chi connectivity index (χ4v) is 1.97. The number of carbonyl (C=O) groups excluding carboxylic acids is 1. The summed E-state index contributed by atoms with van der Waals surface area (Å²) in [5.41, 5.74) is 0. The molecule has 1 N–H and O–H groups in total. The van der Waals surface area contributed by atoms with Crippen LogP contribution in [0.15, 0.2) is 9.52 Å². The van der Waals surface area contributed by atoms with Crippen molar-refractivity contribution >= 4 is 35.8 Å². The van der Waals surface area contributed by atoms with Crippen molar-refractivity contribution in [2.24, 2.45) is 4.99 Å². The second kappa shape index (κ2) is 11.2. The van der Waals surface area contributed by atoms with Crippen LogP contribution in [0.5, 0.6) is 0 Å². The summed E-state index contributed by atoms with van der Waals surface area (Å²) in [6, 6.07) is 0. The van der Waals surface area contributed by atoms with Crippen molar-refractivity contribution in [2.75, 3.05) is 33.2 Å². The van der Waals surface area contributed by atoms with E-state index in [2.05, 4.69) is 20.4 Å². The minimum absolute atomic E-state index is 0. The highest BCUT2D eigenvalue weighted by molar-refractivity contribution is 14.0. The molecule has 0 unspecified atom stereocenters. The lowest BCUT2D eigenvalue weighted by Gasteiger charge is -2.25. The van der Waals surface area contributed by atoms with Crippen molar-refractivity contribution in [1.29, 1.82) is 0 Å². The molecule has 0 aromatic carbocycles. The molecular formula is C14H27IN6O2. The molecule has 0 saturated carbocycles. The lowest BCUT2D eigenvalue weighted by atomic mass is 10.4. The van der Waals surface area contributed by atoms with E-state index in [4.69, 9.17) is 4.52 Å². The number of likely N-dealkylation sites (N-methyl/N-ethyl adjacent to an activating group) is 2. The molecule has 1 amide bonds. The average molecular weight is 438 g/mol. The molecule has 1 heterocycles. The first kappa shape index (κ1) is 21.6. The van der Waals surface area contributed by atoms with Crippen LogP contribution in [0.25, 0.3) is 0 Å². The zero-order chi connectivity index (χ0) is 16.5. The van der Waals surface area contributed by atoms with E-state index in [9.17, 15) is 4.79 Å². The third kappa shape index (κ3) is 7.14. The van der Waals surface area contributed by atoms with Crippen LogP contribution in [0.1, 0.15) is 32.5 Å². The number of nitrogens with one attached hydrogen (secondary N) is 1. The highest BCUT2D eigenvalue weighted by Gasteiger charge is 2.15. The molecule has 23 heavy (non-hydrogen) atoms. The maximum absolute atomic E-state index is 12.2. The Morgan fingerprint density at radius 2 is 1.96 bits per heavy atom. The van der Waals surface area contributed by atoms with Crippen molar-refractivity contribution in [3.05, 3.63) is 11.7 Å². The highest BCUT2D eigenvalue weighted by atomic mass is 127. The van der Waals surface area contributed by atoms with Gasteiger partial charge < -0.3 is 19.6 Å². The molecule has 9 heteroatoms. The number of aryl methyl sites for hydroxylation is 1. The zero-order valence-electron chi connectivity index (χ0n) is 14.5. The van der Waals surface area contributed by atoms with Crippen molar-refractivity contribution in [3.63, 3.8) is 0 Å². The van der Waals surface area contributed by atoms with Gasteiger partial charge in [0.2, 0.25) is 11.8 Å². The highest BCUT2D eigenvalue weighted by Crippen LogP contribution is 1.99. The molecule has 0 spiro atoms. The number of halogens is 1. The number of aliphatic imine (C=N–C) groups is 1. The van der Waals surface area contributed by atoms with E-state index in [0.717, 1.165) is 0 Å². The van der Waals surface area contributed by atoms with Gasteiger partial charge in [-0.05, 0) is 27.7 Å². The van der Waals surface area contributed by atoms with Crippen molar-refractivity contribution in [2.45, 2.75) is 34.2 Å². The second-order valence-electron chi connectivity index (χ2n) is 4.83. The van der Waals surface area contributed by atoms with E-state index in [0.29, 0.717) is 37.3 Å². The topological polar surface area (TPSA) is 86.9 Å². The van der Waals surface area contributed by atoms with Crippen molar-refractivity contribution in [3.8, 4) is 0 Å². The van der Waals surface area contributed by atoms with Gasteiger partial charge in [-0.3, -0.25) is 4.79 Å². The fraction of sp³-hybridized carbons (Fsp3) is 0.714. The first-order valence-electron chi connectivity index (χ1n) is 7.58. The fourth-order valence-electron chi connectivity index (χ4n) is 1.97. The van der Waals surface area contributed by atoms with Crippen LogP contribution in [0, 0.1) is 6.92 Å². The molecule has 0 bridgehead atoms. The number of hydrogen-bond acceptors (Lipinski definition) is 5. The second-order valence-corrected chi connectivity index (χ2v) is 4.83. The van der Waals surface area contributed by atoms with Gasteiger partial charge in [-0.2, -0.15) is 4.98 Å². The minimum Gasteiger partial charge on any atom is -0.356 e. The van der Waals surface area contributed by atoms with Gasteiger partial charge in [0.1, 0.15) is 6.54 Å². The third-order valence-electron chi connectivity index (χ3n) is 3.12. The summed E-state index contributed by atoms with van der Waals surface area (Å²) in [5.74, 6) is 1.75. The van der Waals surface area contributed by atoms with E-state index in [1.807, 2.05) is 27.8 Å². The molecule has 8 nitrogen and oxygen atoms in total. The molecule has 0 radical (unpaired) electrons. The molecule has 0 atom stereocenters. The van der Waals surface area contributed by atoms with Crippen LogP contribution >= 0.6 is 24.0 Å². The summed E-state index contributed by atoms with van der Waals surface area (Å²) in [6.45, 7) is 10.4. The average Bonchev–Trinajstić information content (AvgIpc) is 2.90. The van der Waals surface area contributed by atoms with Gasteiger partial charge in [-0.1, -0.05) is 5.16 Å². The maximum atomic E-state index is 12.2. The summed E-state index contributed by atoms with van der Waals surface area (Å²) in [4.78, 5) is 24.3. The Kier molecular flexibility index (Phi) is 10.5. The molecule has 0 saturated heterocycles. The Balaban J connectivity index is 0.00000484. The molecule has 0 aliphatic rings. The van der Waals surface area contributed by atoms with Gasteiger partial charge >= 0.3 is 0 Å². The van der Waals surface area contributed by atoms with Crippen molar-refractivity contribution < 1.29 is 9.32 Å².